The van der Waals surface area contributed by atoms with Gasteiger partial charge in [0, 0.05) is 26.9 Å². The fourth-order valence-corrected chi connectivity index (χ4v) is 1.99. The standard InChI is InChI=1S/C10H20O2.2C2H6/c1-3-9(8-11-2)10-4-6-12-7-5-10;2*1-2/h9-10H,3-8H2,1-2H3;2*1-2H3. The highest BCUT2D eigenvalue weighted by molar-refractivity contribution is 4.71. The summed E-state index contributed by atoms with van der Waals surface area (Å²) >= 11 is 0. The Morgan fingerprint density at radius 1 is 1.12 bits per heavy atom. The number of hydrogen-bond donors (Lipinski definition) is 0. The molecule has 2 nitrogen and oxygen atoms in total. The van der Waals surface area contributed by atoms with Crippen LogP contribution in [-0.4, -0.2) is 26.9 Å². The van der Waals surface area contributed by atoms with E-state index in [1.165, 1.54) is 19.3 Å². The zero-order valence-electron chi connectivity index (χ0n) is 12.2. The number of methoxy groups -OCH3 is 1. The molecule has 1 unspecified atom stereocenters. The van der Waals surface area contributed by atoms with Crippen LogP contribution < -0.4 is 0 Å². The summed E-state index contributed by atoms with van der Waals surface area (Å²) in [5, 5.41) is 0. The summed E-state index contributed by atoms with van der Waals surface area (Å²) in [6.07, 6.45) is 3.68. The van der Waals surface area contributed by atoms with E-state index in [0.29, 0.717) is 0 Å². The lowest BCUT2D eigenvalue weighted by molar-refractivity contribution is 0.0245. The summed E-state index contributed by atoms with van der Waals surface area (Å²) in [6.45, 7) is 13.1. The lowest BCUT2D eigenvalue weighted by atomic mass is 9.85. The van der Waals surface area contributed by atoms with Crippen LogP contribution in [0.5, 0.6) is 0 Å². The average Bonchev–Trinajstić information content (AvgIpc) is 2.41. The van der Waals surface area contributed by atoms with Crippen molar-refractivity contribution >= 4 is 0 Å². The summed E-state index contributed by atoms with van der Waals surface area (Å²) < 4.78 is 10.5. The fourth-order valence-electron chi connectivity index (χ4n) is 1.99. The van der Waals surface area contributed by atoms with Gasteiger partial charge in [0.25, 0.3) is 0 Å². The van der Waals surface area contributed by atoms with Gasteiger partial charge in [-0.2, -0.15) is 0 Å². The molecule has 0 aliphatic carbocycles. The first-order valence-electron chi connectivity index (χ1n) is 6.95. The Kier molecular flexibility index (Phi) is 17.1. The van der Waals surface area contributed by atoms with Crippen molar-refractivity contribution in [3.8, 4) is 0 Å². The third kappa shape index (κ3) is 8.12. The van der Waals surface area contributed by atoms with Gasteiger partial charge in [-0.05, 0) is 24.7 Å². The molecular formula is C14H32O2. The zero-order valence-corrected chi connectivity index (χ0v) is 12.2. The Morgan fingerprint density at radius 2 is 1.62 bits per heavy atom. The van der Waals surface area contributed by atoms with Crippen LogP contribution >= 0.6 is 0 Å². The van der Waals surface area contributed by atoms with Gasteiger partial charge in [-0.15, -0.1) is 0 Å². The molecule has 1 saturated heterocycles. The molecule has 1 atom stereocenters. The number of rotatable bonds is 4. The molecule has 0 amide bonds. The molecule has 1 fully saturated rings. The topological polar surface area (TPSA) is 18.5 Å². The second kappa shape index (κ2) is 14.9. The van der Waals surface area contributed by atoms with Crippen LogP contribution in [-0.2, 0) is 9.47 Å². The van der Waals surface area contributed by atoms with Gasteiger partial charge in [0.15, 0.2) is 0 Å². The molecule has 0 spiro atoms. The highest BCUT2D eigenvalue weighted by atomic mass is 16.5. The molecule has 0 saturated carbocycles. The lowest BCUT2D eigenvalue weighted by Gasteiger charge is -2.28. The Bertz CT molecular complexity index is 107. The lowest BCUT2D eigenvalue weighted by Crippen LogP contribution is -2.25. The zero-order chi connectivity index (χ0) is 12.8. The van der Waals surface area contributed by atoms with Crippen molar-refractivity contribution in [1.29, 1.82) is 0 Å². The Morgan fingerprint density at radius 3 is 2.00 bits per heavy atom. The van der Waals surface area contributed by atoms with Gasteiger partial charge in [0.05, 0.1) is 0 Å². The first-order chi connectivity index (χ1) is 7.88. The summed E-state index contributed by atoms with van der Waals surface area (Å²) in [5.41, 5.74) is 0. The Labute approximate surface area is 103 Å². The van der Waals surface area contributed by atoms with Crippen molar-refractivity contribution in [2.75, 3.05) is 26.9 Å². The van der Waals surface area contributed by atoms with Gasteiger partial charge >= 0.3 is 0 Å². The minimum absolute atomic E-state index is 0.749. The molecule has 0 aromatic carbocycles. The second-order valence-electron chi connectivity index (χ2n) is 3.57. The monoisotopic (exact) mass is 232 g/mol. The quantitative estimate of drug-likeness (QED) is 0.725. The normalized spacial score (nSPS) is 17.6. The smallest absolute Gasteiger partial charge is 0.0493 e. The molecule has 0 radical (unpaired) electrons. The van der Waals surface area contributed by atoms with E-state index in [0.717, 1.165) is 31.7 Å². The van der Waals surface area contributed by atoms with E-state index >= 15 is 0 Å². The minimum Gasteiger partial charge on any atom is -0.384 e. The molecule has 0 aromatic heterocycles. The molecular weight excluding hydrogens is 200 g/mol. The highest BCUT2D eigenvalue weighted by Crippen LogP contribution is 2.26. The van der Waals surface area contributed by atoms with Gasteiger partial charge in [0.1, 0.15) is 0 Å². The van der Waals surface area contributed by atoms with Crippen molar-refractivity contribution in [3.63, 3.8) is 0 Å². The minimum atomic E-state index is 0.749. The van der Waals surface area contributed by atoms with Gasteiger partial charge in [-0.25, -0.2) is 0 Å². The molecule has 0 aromatic rings. The van der Waals surface area contributed by atoms with E-state index in [4.69, 9.17) is 9.47 Å². The van der Waals surface area contributed by atoms with E-state index in [-0.39, 0.29) is 0 Å². The van der Waals surface area contributed by atoms with Crippen LogP contribution in [0.1, 0.15) is 53.9 Å². The maximum atomic E-state index is 5.33. The van der Waals surface area contributed by atoms with Crippen LogP contribution in [0.2, 0.25) is 0 Å². The van der Waals surface area contributed by atoms with Crippen LogP contribution in [0.15, 0.2) is 0 Å². The molecule has 1 aliphatic rings. The van der Waals surface area contributed by atoms with Crippen molar-refractivity contribution in [2.24, 2.45) is 11.8 Å². The van der Waals surface area contributed by atoms with Gasteiger partial charge in [-0.3, -0.25) is 0 Å². The number of ether oxygens (including phenoxy) is 2. The van der Waals surface area contributed by atoms with Crippen LogP contribution in [0.4, 0.5) is 0 Å². The summed E-state index contributed by atoms with van der Waals surface area (Å²) in [4.78, 5) is 0. The molecule has 1 aliphatic heterocycles. The molecule has 0 N–H and O–H groups in total. The van der Waals surface area contributed by atoms with Crippen LogP contribution in [0, 0.1) is 11.8 Å². The van der Waals surface area contributed by atoms with E-state index in [2.05, 4.69) is 6.92 Å². The van der Waals surface area contributed by atoms with E-state index < -0.39 is 0 Å². The maximum absolute atomic E-state index is 5.33. The average molecular weight is 232 g/mol. The maximum Gasteiger partial charge on any atom is 0.0493 e. The van der Waals surface area contributed by atoms with Gasteiger partial charge in [-0.1, -0.05) is 41.0 Å². The van der Waals surface area contributed by atoms with E-state index in [1.54, 1.807) is 7.11 Å². The first kappa shape index (κ1) is 18.3. The molecule has 1 rings (SSSR count). The summed E-state index contributed by atoms with van der Waals surface area (Å²) in [5.74, 6) is 1.59. The summed E-state index contributed by atoms with van der Waals surface area (Å²) in [7, 11) is 1.79. The van der Waals surface area contributed by atoms with Crippen LogP contribution in [0.25, 0.3) is 0 Å². The SMILES string of the molecule is CC.CC.CCC(COC)C1CCOCC1. The summed E-state index contributed by atoms with van der Waals surface area (Å²) in [6, 6.07) is 0. The third-order valence-corrected chi connectivity index (χ3v) is 2.84. The van der Waals surface area contributed by atoms with E-state index in [9.17, 15) is 0 Å². The van der Waals surface area contributed by atoms with Crippen molar-refractivity contribution < 1.29 is 9.47 Å². The van der Waals surface area contributed by atoms with Crippen molar-refractivity contribution in [2.45, 2.75) is 53.9 Å². The van der Waals surface area contributed by atoms with Crippen molar-refractivity contribution in [1.82, 2.24) is 0 Å². The second-order valence-corrected chi connectivity index (χ2v) is 3.57. The third-order valence-electron chi connectivity index (χ3n) is 2.84. The van der Waals surface area contributed by atoms with Gasteiger partial charge < -0.3 is 9.47 Å². The highest BCUT2D eigenvalue weighted by Gasteiger charge is 2.22. The van der Waals surface area contributed by atoms with Gasteiger partial charge in [0.2, 0.25) is 0 Å². The molecule has 0 bridgehead atoms. The molecule has 2 heteroatoms. The largest absolute Gasteiger partial charge is 0.384 e. The molecule has 1 heterocycles. The predicted octanol–water partition coefficient (Wildman–Crippen LogP) is 4.14. The Balaban J connectivity index is 0. The number of hydrogen-bond acceptors (Lipinski definition) is 2. The molecule has 16 heavy (non-hydrogen) atoms. The first-order valence-corrected chi connectivity index (χ1v) is 6.95. The van der Waals surface area contributed by atoms with E-state index in [1.807, 2.05) is 27.7 Å². The van der Waals surface area contributed by atoms with Crippen molar-refractivity contribution in [3.05, 3.63) is 0 Å². The predicted molar refractivity (Wildman–Crippen MR) is 71.9 cm³/mol. The Hall–Kier alpha value is -0.0800. The fraction of sp³-hybridized carbons (Fsp3) is 1.00. The van der Waals surface area contributed by atoms with Crippen LogP contribution in [0.3, 0.4) is 0 Å². The molecule has 100 valence electrons.